The first-order chi connectivity index (χ1) is 22.0. The highest BCUT2D eigenvalue weighted by molar-refractivity contribution is 6.04. The standard InChI is InChI=1S/C39H49F3N2O2/c1-24-13-18-32(43-37(45)29-11-8-12-31(19-29)39(40,41)42)23-33(24)35-21-30-20-34(27-9-6-4-5-7-10-27)25(2)28(17-16-26-14-15-26)22-36(30)44(3)38(35)46/h8,11-13,16-19,23,25-28,30,34-36H,4-7,9-10,14-15,20-22H2,1-3H3,(H,43,45)/b17-16+. The molecule has 6 rings (SSSR count). The van der Waals surface area contributed by atoms with Gasteiger partial charge in [-0.05, 0) is 116 Å². The molecule has 0 spiro atoms. The van der Waals surface area contributed by atoms with Crippen LogP contribution >= 0.6 is 0 Å². The SMILES string of the molecule is Cc1ccc(NC(=O)c2cccc(C(F)(F)F)c2)cc1C1CC2CC(C3CCCCCC3)C(C)C(/C=C/C3CC3)CC2N(C)C1=O. The summed E-state index contributed by atoms with van der Waals surface area (Å²) in [4.78, 5) is 29.2. The van der Waals surface area contributed by atoms with Gasteiger partial charge in [0.2, 0.25) is 5.91 Å². The minimum Gasteiger partial charge on any atom is -0.342 e. The Bertz CT molecular complexity index is 1440. The largest absolute Gasteiger partial charge is 0.416 e. The molecule has 2 amide bonds. The molecule has 6 unspecified atom stereocenters. The molecule has 6 atom stereocenters. The summed E-state index contributed by atoms with van der Waals surface area (Å²) >= 11 is 0. The van der Waals surface area contributed by atoms with Gasteiger partial charge >= 0.3 is 6.18 Å². The van der Waals surface area contributed by atoms with Crippen LogP contribution in [0.3, 0.4) is 0 Å². The summed E-state index contributed by atoms with van der Waals surface area (Å²) in [6.45, 7) is 4.48. The molecule has 1 N–H and O–H groups in total. The Labute approximate surface area is 272 Å². The minimum absolute atomic E-state index is 0.0595. The highest BCUT2D eigenvalue weighted by Gasteiger charge is 2.47. The summed E-state index contributed by atoms with van der Waals surface area (Å²) in [5.41, 5.74) is 1.44. The van der Waals surface area contributed by atoms with Crippen LogP contribution < -0.4 is 5.32 Å². The average molecular weight is 635 g/mol. The van der Waals surface area contributed by atoms with Gasteiger partial charge in [-0.3, -0.25) is 9.59 Å². The third-order valence-corrected chi connectivity index (χ3v) is 11.8. The van der Waals surface area contributed by atoms with E-state index in [4.69, 9.17) is 0 Å². The van der Waals surface area contributed by atoms with Gasteiger partial charge in [0, 0.05) is 24.3 Å². The van der Waals surface area contributed by atoms with Crippen molar-refractivity contribution in [3.05, 3.63) is 76.9 Å². The number of carbonyl (C=O) groups excluding carboxylic acids is 2. The number of anilines is 1. The summed E-state index contributed by atoms with van der Waals surface area (Å²) in [6.07, 6.45) is 13.9. The predicted octanol–water partition coefficient (Wildman–Crippen LogP) is 9.80. The molecule has 0 bridgehead atoms. The number of carbonyl (C=O) groups is 2. The molecule has 4 aliphatic rings. The Kier molecular flexibility index (Phi) is 9.68. The Hall–Kier alpha value is -3.09. The van der Waals surface area contributed by atoms with Crippen molar-refractivity contribution >= 4 is 17.5 Å². The van der Waals surface area contributed by atoms with Crippen molar-refractivity contribution in [1.82, 2.24) is 4.90 Å². The van der Waals surface area contributed by atoms with Gasteiger partial charge in [0.25, 0.3) is 5.91 Å². The lowest BCUT2D eigenvalue weighted by atomic mass is 9.70. The fraction of sp³-hybridized carbons (Fsp3) is 0.590. The summed E-state index contributed by atoms with van der Waals surface area (Å²) in [5.74, 6) is 2.77. The van der Waals surface area contributed by atoms with E-state index in [2.05, 4.69) is 24.4 Å². The zero-order chi connectivity index (χ0) is 32.6. The van der Waals surface area contributed by atoms with Crippen LogP contribution in [0.1, 0.15) is 111 Å². The molecule has 4 fully saturated rings. The zero-order valence-corrected chi connectivity index (χ0v) is 27.5. The number of benzene rings is 2. The minimum atomic E-state index is -4.53. The van der Waals surface area contributed by atoms with E-state index in [0.29, 0.717) is 29.4 Å². The summed E-state index contributed by atoms with van der Waals surface area (Å²) in [6, 6.07) is 10.2. The first-order valence-electron chi connectivity index (χ1n) is 17.5. The van der Waals surface area contributed by atoms with Gasteiger partial charge < -0.3 is 10.2 Å². The smallest absolute Gasteiger partial charge is 0.342 e. The van der Waals surface area contributed by atoms with E-state index >= 15 is 0 Å². The molecule has 1 aliphatic heterocycles. The fourth-order valence-corrected chi connectivity index (χ4v) is 8.86. The number of likely N-dealkylation sites (tertiary alicyclic amines) is 1. The van der Waals surface area contributed by atoms with E-state index in [1.54, 1.807) is 6.07 Å². The Morgan fingerprint density at radius 3 is 2.35 bits per heavy atom. The first-order valence-corrected chi connectivity index (χ1v) is 17.5. The number of nitrogens with zero attached hydrogens (tertiary/aromatic N) is 1. The average Bonchev–Trinajstić information content (AvgIpc) is 3.89. The van der Waals surface area contributed by atoms with Gasteiger partial charge in [-0.2, -0.15) is 13.2 Å². The third-order valence-electron chi connectivity index (χ3n) is 11.8. The van der Waals surface area contributed by atoms with Gasteiger partial charge in [0.1, 0.15) is 0 Å². The van der Waals surface area contributed by atoms with Crippen molar-refractivity contribution in [1.29, 1.82) is 0 Å². The first kappa shape index (κ1) is 32.8. The maximum atomic E-state index is 14.1. The molecule has 1 heterocycles. The number of likely N-dealkylation sites (N-methyl/N-ethyl adjacent to an activating group) is 1. The molecule has 2 aromatic carbocycles. The second-order valence-corrected chi connectivity index (χ2v) is 14.8. The van der Waals surface area contributed by atoms with Crippen LogP contribution in [-0.4, -0.2) is 29.8 Å². The number of hydrogen-bond donors (Lipinski definition) is 1. The van der Waals surface area contributed by atoms with Crippen molar-refractivity contribution in [3.8, 4) is 0 Å². The highest BCUT2D eigenvalue weighted by atomic mass is 19.4. The van der Waals surface area contributed by atoms with E-state index < -0.39 is 17.6 Å². The number of hydrogen-bond acceptors (Lipinski definition) is 2. The monoisotopic (exact) mass is 634 g/mol. The third kappa shape index (κ3) is 7.23. The second kappa shape index (κ2) is 13.6. The van der Waals surface area contributed by atoms with Gasteiger partial charge in [-0.25, -0.2) is 0 Å². The highest BCUT2D eigenvalue weighted by Crippen LogP contribution is 2.50. The van der Waals surface area contributed by atoms with Crippen molar-refractivity contribution in [2.24, 2.45) is 35.5 Å². The maximum Gasteiger partial charge on any atom is 0.416 e. The molecule has 7 heteroatoms. The zero-order valence-electron chi connectivity index (χ0n) is 27.5. The molecule has 0 aromatic heterocycles. The molecule has 1 saturated heterocycles. The normalized spacial score (nSPS) is 29.7. The Morgan fingerprint density at radius 1 is 0.913 bits per heavy atom. The summed E-state index contributed by atoms with van der Waals surface area (Å²) in [7, 11) is 1.99. The van der Waals surface area contributed by atoms with Crippen molar-refractivity contribution in [2.45, 2.75) is 103 Å². The summed E-state index contributed by atoms with van der Waals surface area (Å²) < 4.78 is 39.8. The lowest BCUT2D eigenvalue weighted by molar-refractivity contribution is -0.139. The second-order valence-electron chi connectivity index (χ2n) is 14.8. The molecule has 4 nitrogen and oxygen atoms in total. The predicted molar refractivity (Wildman–Crippen MR) is 176 cm³/mol. The fourth-order valence-electron chi connectivity index (χ4n) is 8.86. The lowest BCUT2D eigenvalue weighted by Gasteiger charge is -2.43. The molecule has 2 aromatic rings. The molecule has 46 heavy (non-hydrogen) atoms. The number of rotatable bonds is 6. The number of aryl methyl sites for hydroxylation is 1. The van der Waals surface area contributed by atoms with Crippen LogP contribution in [0.4, 0.5) is 18.9 Å². The number of piperidine rings is 1. The van der Waals surface area contributed by atoms with E-state index in [0.717, 1.165) is 54.4 Å². The quantitative estimate of drug-likeness (QED) is 0.254. The number of fused-ring (bicyclic) bond motifs is 1. The summed E-state index contributed by atoms with van der Waals surface area (Å²) in [5, 5.41) is 2.79. The van der Waals surface area contributed by atoms with Crippen LogP contribution in [0.2, 0.25) is 0 Å². The molecule has 0 radical (unpaired) electrons. The van der Waals surface area contributed by atoms with Crippen LogP contribution in [0.5, 0.6) is 0 Å². The van der Waals surface area contributed by atoms with Crippen LogP contribution in [0.15, 0.2) is 54.6 Å². The van der Waals surface area contributed by atoms with E-state index in [1.807, 2.05) is 31.0 Å². The van der Waals surface area contributed by atoms with Crippen molar-refractivity contribution < 1.29 is 22.8 Å². The van der Waals surface area contributed by atoms with Crippen molar-refractivity contribution in [3.63, 3.8) is 0 Å². The van der Waals surface area contributed by atoms with Gasteiger partial charge in [0.15, 0.2) is 0 Å². The van der Waals surface area contributed by atoms with E-state index in [9.17, 15) is 22.8 Å². The van der Waals surface area contributed by atoms with E-state index in [1.165, 1.54) is 63.5 Å². The molecule has 3 saturated carbocycles. The topological polar surface area (TPSA) is 49.4 Å². The number of alkyl halides is 3. The van der Waals surface area contributed by atoms with Crippen LogP contribution in [0, 0.1) is 42.4 Å². The number of amides is 2. The number of allylic oxidation sites excluding steroid dienone is 2. The van der Waals surface area contributed by atoms with Crippen LogP contribution in [0.25, 0.3) is 0 Å². The lowest BCUT2D eigenvalue weighted by Crippen LogP contribution is -2.50. The van der Waals surface area contributed by atoms with Gasteiger partial charge in [-0.1, -0.05) is 69.7 Å². The molecular weight excluding hydrogens is 585 g/mol. The Balaban J connectivity index is 1.25. The Morgan fingerprint density at radius 2 is 1.65 bits per heavy atom. The maximum absolute atomic E-state index is 14.1. The number of nitrogens with one attached hydrogen (secondary N) is 1. The van der Waals surface area contributed by atoms with Gasteiger partial charge in [-0.15, -0.1) is 0 Å². The van der Waals surface area contributed by atoms with Crippen LogP contribution in [-0.2, 0) is 11.0 Å². The van der Waals surface area contributed by atoms with E-state index in [-0.39, 0.29) is 23.4 Å². The molecule has 3 aliphatic carbocycles. The molecule has 248 valence electrons. The van der Waals surface area contributed by atoms with Crippen molar-refractivity contribution in [2.75, 3.05) is 12.4 Å². The van der Waals surface area contributed by atoms with Gasteiger partial charge in [0.05, 0.1) is 11.5 Å². The molecular formula is C39H49F3N2O2. The number of halogens is 3.